The quantitative estimate of drug-likeness (QED) is 0.876. The molecule has 1 saturated heterocycles. The van der Waals surface area contributed by atoms with E-state index in [0.29, 0.717) is 18.7 Å². The van der Waals surface area contributed by atoms with Crippen molar-refractivity contribution in [3.05, 3.63) is 59.5 Å². The summed E-state index contributed by atoms with van der Waals surface area (Å²) < 4.78 is 4.98. The molecule has 2 heterocycles. The Hall–Kier alpha value is -2.76. The third kappa shape index (κ3) is 4.15. The summed E-state index contributed by atoms with van der Waals surface area (Å²) in [5.41, 5.74) is 3.31. The van der Waals surface area contributed by atoms with Crippen LogP contribution in [0.5, 0.6) is 0 Å². The van der Waals surface area contributed by atoms with Crippen LogP contribution in [-0.2, 0) is 12.8 Å². The summed E-state index contributed by atoms with van der Waals surface area (Å²) in [6, 6.07) is 10.3. The second kappa shape index (κ2) is 7.86. The molecule has 2 N–H and O–H groups in total. The monoisotopic (exact) mass is 367 g/mol. The summed E-state index contributed by atoms with van der Waals surface area (Å²) in [6.45, 7) is 1.29. The number of likely N-dealkylation sites (tertiary alicyclic amines) is 1. The molecule has 27 heavy (non-hydrogen) atoms. The van der Waals surface area contributed by atoms with Gasteiger partial charge in [-0.2, -0.15) is 0 Å². The lowest BCUT2D eigenvalue weighted by molar-refractivity contribution is 0.0707. The van der Waals surface area contributed by atoms with Gasteiger partial charge in [0, 0.05) is 25.2 Å². The fourth-order valence-electron chi connectivity index (χ4n) is 4.03. The van der Waals surface area contributed by atoms with Crippen LogP contribution in [0.4, 0.5) is 4.79 Å². The van der Waals surface area contributed by atoms with Gasteiger partial charge < -0.3 is 20.0 Å². The van der Waals surface area contributed by atoms with Crippen LogP contribution in [0, 0.1) is 0 Å². The molecule has 0 radical (unpaired) electrons. The van der Waals surface area contributed by atoms with Gasteiger partial charge in [-0.3, -0.25) is 4.79 Å². The predicted molar refractivity (Wildman–Crippen MR) is 102 cm³/mol. The van der Waals surface area contributed by atoms with Gasteiger partial charge in [-0.1, -0.05) is 24.3 Å². The zero-order chi connectivity index (χ0) is 18.6. The number of piperidine rings is 1. The molecule has 1 atom stereocenters. The van der Waals surface area contributed by atoms with Crippen molar-refractivity contribution in [2.24, 2.45) is 0 Å². The highest BCUT2D eigenvalue weighted by Gasteiger charge is 2.26. The van der Waals surface area contributed by atoms with E-state index in [2.05, 4.69) is 34.9 Å². The van der Waals surface area contributed by atoms with Crippen molar-refractivity contribution in [3.63, 3.8) is 0 Å². The van der Waals surface area contributed by atoms with E-state index in [0.717, 1.165) is 32.1 Å². The van der Waals surface area contributed by atoms with Gasteiger partial charge in [0.1, 0.15) is 6.26 Å². The van der Waals surface area contributed by atoms with Crippen molar-refractivity contribution in [2.45, 2.75) is 44.2 Å². The van der Waals surface area contributed by atoms with E-state index in [4.69, 9.17) is 4.42 Å². The van der Waals surface area contributed by atoms with E-state index in [1.165, 1.54) is 23.7 Å². The molecule has 0 bridgehead atoms. The smallest absolute Gasteiger partial charge is 0.315 e. The topological polar surface area (TPSA) is 74.6 Å². The number of amides is 3. The van der Waals surface area contributed by atoms with Gasteiger partial charge in [0.25, 0.3) is 5.91 Å². The Bertz CT molecular complexity index is 795. The lowest BCUT2D eigenvalue weighted by atomic mass is 9.88. The highest BCUT2D eigenvalue weighted by atomic mass is 16.3. The number of carbonyl (C=O) groups excluding carboxylic acids is 2. The molecule has 6 nitrogen and oxygen atoms in total. The zero-order valence-corrected chi connectivity index (χ0v) is 15.3. The summed E-state index contributed by atoms with van der Waals surface area (Å²) in [5.74, 6) is -0.00692. The van der Waals surface area contributed by atoms with Gasteiger partial charge in [0.15, 0.2) is 0 Å². The molecule has 1 aliphatic heterocycles. The second-order valence-electron chi connectivity index (χ2n) is 7.40. The van der Waals surface area contributed by atoms with Gasteiger partial charge >= 0.3 is 6.03 Å². The normalized spacial score (nSPS) is 20.0. The summed E-state index contributed by atoms with van der Waals surface area (Å²) >= 11 is 0. The molecule has 0 spiro atoms. The molecular weight excluding hydrogens is 342 g/mol. The van der Waals surface area contributed by atoms with Gasteiger partial charge in [-0.05, 0) is 49.3 Å². The predicted octanol–water partition coefficient (Wildman–Crippen LogP) is 2.74. The summed E-state index contributed by atoms with van der Waals surface area (Å²) in [5, 5.41) is 6.20. The molecule has 2 aliphatic rings. The lowest BCUT2D eigenvalue weighted by Crippen LogP contribution is -2.51. The molecule has 2 aromatic rings. The standard InChI is InChI=1S/C21H25N3O3/c25-20(17-9-12-27-14-17)24-10-7-18(8-11-24)22-21(26)23-19-6-5-15-3-1-2-4-16(15)13-19/h1-4,9,12,14,18-19H,5-8,10-11,13H2,(H2,22,23,26). The molecular formula is C21H25N3O3. The van der Waals surface area contributed by atoms with Gasteiger partial charge in [-0.15, -0.1) is 0 Å². The van der Waals surface area contributed by atoms with E-state index in [1.54, 1.807) is 6.07 Å². The number of nitrogens with zero attached hydrogens (tertiary/aromatic N) is 1. The molecule has 1 aliphatic carbocycles. The van der Waals surface area contributed by atoms with Crippen LogP contribution >= 0.6 is 0 Å². The maximum absolute atomic E-state index is 12.4. The van der Waals surface area contributed by atoms with E-state index in [1.807, 2.05) is 4.90 Å². The van der Waals surface area contributed by atoms with Gasteiger partial charge in [0.05, 0.1) is 11.8 Å². The highest BCUT2D eigenvalue weighted by molar-refractivity contribution is 5.93. The van der Waals surface area contributed by atoms with E-state index in [-0.39, 0.29) is 24.0 Å². The van der Waals surface area contributed by atoms with Crippen LogP contribution < -0.4 is 10.6 Å². The molecule has 6 heteroatoms. The minimum atomic E-state index is -0.0982. The van der Waals surface area contributed by atoms with Crippen LogP contribution in [0.1, 0.15) is 40.7 Å². The fraction of sp³-hybridized carbons (Fsp3) is 0.429. The van der Waals surface area contributed by atoms with Crippen LogP contribution in [-0.4, -0.2) is 42.0 Å². The molecule has 142 valence electrons. The third-order valence-corrected chi connectivity index (χ3v) is 5.57. The minimum Gasteiger partial charge on any atom is -0.472 e. The number of fused-ring (bicyclic) bond motifs is 1. The summed E-state index contributed by atoms with van der Waals surface area (Å²) in [6.07, 6.45) is 7.39. The average molecular weight is 367 g/mol. The Morgan fingerprint density at radius 1 is 0.963 bits per heavy atom. The number of furan rings is 1. The number of hydrogen-bond acceptors (Lipinski definition) is 3. The first-order chi connectivity index (χ1) is 13.2. The van der Waals surface area contributed by atoms with Crippen LogP contribution in [0.2, 0.25) is 0 Å². The summed E-state index contributed by atoms with van der Waals surface area (Å²) in [4.78, 5) is 26.5. The van der Waals surface area contributed by atoms with Gasteiger partial charge in [0.2, 0.25) is 0 Å². The summed E-state index contributed by atoms with van der Waals surface area (Å²) in [7, 11) is 0. The number of benzene rings is 1. The van der Waals surface area contributed by atoms with E-state index in [9.17, 15) is 9.59 Å². The lowest BCUT2D eigenvalue weighted by Gasteiger charge is -2.33. The molecule has 4 rings (SSSR count). The largest absolute Gasteiger partial charge is 0.472 e. The fourth-order valence-corrected chi connectivity index (χ4v) is 4.03. The Labute approximate surface area is 158 Å². The van der Waals surface area contributed by atoms with Crippen molar-refractivity contribution >= 4 is 11.9 Å². The second-order valence-corrected chi connectivity index (χ2v) is 7.40. The first kappa shape index (κ1) is 17.6. The maximum atomic E-state index is 12.4. The third-order valence-electron chi connectivity index (χ3n) is 5.57. The van der Waals surface area contributed by atoms with E-state index >= 15 is 0 Å². The molecule has 3 amide bonds. The number of carbonyl (C=O) groups is 2. The molecule has 1 aromatic carbocycles. The minimum absolute atomic E-state index is 0.00692. The van der Waals surface area contributed by atoms with Crippen LogP contribution in [0.15, 0.2) is 47.3 Å². The Balaban J connectivity index is 1.23. The Morgan fingerprint density at radius 3 is 2.44 bits per heavy atom. The maximum Gasteiger partial charge on any atom is 0.315 e. The van der Waals surface area contributed by atoms with E-state index < -0.39 is 0 Å². The first-order valence-corrected chi connectivity index (χ1v) is 9.64. The van der Waals surface area contributed by atoms with Crippen molar-refractivity contribution < 1.29 is 14.0 Å². The molecule has 1 fully saturated rings. The number of urea groups is 1. The average Bonchev–Trinajstić information content (AvgIpc) is 3.23. The van der Waals surface area contributed by atoms with Crippen LogP contribution in [0.25, 0.3) is 0 Å². The van der Waals surface area contributed by atoms with Crippen LogP contribution in [0.3, 0.4) is 0 Å². The Morgan fingerprint density at radius 2 is 1.70 bits per heavy atom. The Kier molecular flexibility index (Phi) is 5.14. The number of rotatable bonds is 3. The van der Waals surface area contributed by atoms with Gasteiger partial charge in [-0.25, -0.2) is 4.79 Å². The first-order valence-electron chi connectivity index (χ1n) is 9.64. The molecule has 1 aromatic heterocycles. The zero-order valence-electron chi connectivity index (χ0n) is 15.3. The molecule has 1 unspecified atom stereocenters. The number of aryl methyl sites for hydroxylation is 1. The SMILES string of the molecule is O=C(NC1CCN(C(=O)c2ccoc2)CC1)NC1CCc2ccccc2C1. The highest BCUT2D eigenvalue weighted by Crippen LogP contribution is 2.21. The van der Waals surface area contributed by atoms with Crippen molar-refractivity contribution in [3.8, 4) is 0 Å². The number of hydrogen-bond donors (Lipinski definition) is 2. The molecule has 0 saturated carbocycles. The van der Waals surface area contributed by atoms with Crippen molar-refractivity contribution in [1.29, 1.82) is 0 Å². The van der Waals surface area contributed by atoms with Crippen molar-refractivity contribution in [2.75, 3.05) is 13.1 Å². The van der Waals surface area contributed by atoms with Crippen molar-refractivity contribution in [1.82, 2.24) is 15.5 Å². The number of nitrogens with one attached hydrogen (secondary N) is 2.